The van der Waals surface area contributed by atoms with E-state index in [0.29, 0.717) is 27.5 Å². The molecule has 4 rings (SSSR count). The van der Waals surface area contributed by atoms with Gasteiger partial charge < -0.3 is 11.1 Å². The summed E-state index contributed by atoms with van der Waals surface area (Å²) in [6.45, 7) is 4.27. The van der Waals surface area contributed by atoms with Crippen LogP contribution in [0.3, 0.4) is 0 Å². The Morgan fingerprint density at radius 2 is 1.82 bits per heavy atom. The maximum Gasteiger partial charge on any atom is 0.263 e. The molecule has 3 N–H and O–H groups in total. The van der Waals surface area contributed by atoms with Crippen molar-refractivity contribution in [3.05, 3.63) is 86.3 Å². The molecule has 0 unspecified atom stereocenters. The molecule has 0 saturated carbocycles. The van der Waals surface area contributed by atoms with Crippen LogP contribution in [0, 0.1) is 3.57 Å². The Labute approximate surface area is 180 Å². The Hall–Kier alpha value is -2.65. The van der Waals surface area contributed by atoms with Crippen molar-refractivity contribution in [1.29, 1.82) is 0 Å². The van der Waals surface area contributed by atoms with E-state index in [0.717, 1.165) is 14.0 Å². The van der Waals surface area contributed by atoms with Gasteiger partial charge in [-0.05, 0) is 64.6 Å². The predicted octanol–water partition coefficient (Wildman–Crippen LogP) is 4.81. The zero-order valence-electron chi connectivity index (χ0n) is 14.7. The number of rotatable bonds is 5. The molecule has 5 nitrogen and oxygen atoms in total. The number of carbonyl (C=O) groups excluding carboxylic acids is 2. The number of nitrogens with one attached hydrogen (secondary N) is 1. The fraction of sp³-hybridized carbons (Fsp3) is 0.0476. The summed E-state index contributed by atoms with van der Waals surface area (Å²) in [7, 11) is 0. The second kappa shape index (κ2) is 7.40. The number of fused-ring (bicyclic) bond motifs is 1. The van der Waals surface area contributed by atoms with Crippen LogP contribution in [0.4, 0.5) is 10.7 Å². The third-order valence-corrected chi connectivity index (χ3v) is 6.16. The van der Waals surface area contributed by atoms with Crippen molar-refractivity contribution in [1.82, 2.24) is 4.90 Å². The van der Waals surface area contributed by atoms with Gasteiger partial charge in [-0.3, -0.25) is 14.5 Å². The molecular weight excluding hydrogens is 485 g/mol. The van der Waals surface area contributed by atoms with Crippen molar-refractivity contribution < 1.29 is 9.59 Å². The van der Waals surface area contributed by atoms with Crippen LogP contribution in [0.25, 0.3) is 5.70 Å². The van der Waals surface area contributed by atoms with Crippen LogP contribution in [0.2, 0.25) is 0 Å². The number of nitrogen functional groups attached to an aromatic ring is 1. The summed E-state index contributed by atoms with van der Waals surface area (Å²) in [5, 5.41) is 3.86. The van der Waals surface area contributed by atoms with E-state index >= 15 is 0 Å². The lowest BCUT2D eigenvalue weighted by atomic mass is 10.1. The molecule has 7 heteroatoms. The molecule has 2 amide bonds. The Morgan fingerprint density at radius 3 is 2.50 bits per heavy atom. The van der Waals surface area contributed by atoms with Crippen molar-refractivity contribution in [2.75, 3.05) is 11.1 Å². The number of thiophene rings is 1. The van der Waals surface area contributed by atoms with Gasteiger partial charge in [-0.2, -0.15) is 0 Å². The average Bonchev–Trinajstić information content (AvgIpc) is 3.21. The molecule has 1 aliphatic heterocycles. The standard InChI is InChI=1S/C21H16IN3O2S/c1-12(17-9-10-18(23)28-17)24-16-4-2-3-15-19(16)21(27)25(20(15)26)11-13-5-7-14(22)8-6-13/h2-10,24H,1,11,23H2. The van der Waals surface area contributed by atoms with Crippen molar-refractivity contribution in [3.63, 3.8) is 0 Å². The molecule has 0 aliphatic carbocycles. The van der Waals surface area contributed by atoms with Gasteiger partial charge in [0.15, 0.2) is 0 Å². The summed E-state index contributed by atoms with van der Waals surface area (Å²) in [5.41, 5.74) is 8.67. The molecule has 0 radical (unpaired) electrons. The highest BCUT2D eigenvalue weighted by Crippen LogP contribution is 2.33. The van der Waals surface area contributed by atoms with Gasteiger partial charge >= 0.3 is 0 Å². The first kappa shape index (κ1) is 18.7. The van der Waals surface area contributed by atoms with Gasteiger partial charge in [-0.15, -0.1) is 11.3 Å². The van der Waals surface area contributed by atoms with Crippen LogP contribution in [0.1, 0.15) is 31.2 Å². The zero-order chi connectivity index (χ0) is 19.8. The molecule has 2 aromatic carbocycles. The number of anilines is 2. The fourth-order valence-electron chi connectivity index (χ4n) is 3.09. The molecule has 0 saturated heterocycles. The van der Waals surface area contributed by atoms with E-state index in [2.05, 4.69) is 34.5 Å². The van der Waals surface area contributed by atoms with Crippen LogP contribution in [-0.2, 0) is 6.54 Å². The quantitative estimate of drug-likeness (QED) is 0.389. The van der Waals surface area contributed by atoms with Crippen molar-refractivity contribution in [2.24, 2.45) is 0 Å². The lowest BCUT2D eigenvalue weighted by Crippen LogP contribution is -2.29. The molecule has 1 aromatic heterocycles. The van der Waals surface area contributed by atoms with Gasteiger partial charge in [0.25, 0.3) is 11.8 Å². The molecule has 0 bridgehead atoms. The predicted molar refractivity (Wildman–Crippen MR) is 121 cm³/mol. The second-order valence-electron chi connectivity index (χ2n) is 6.36. The maximum atomic E-state index is 13.0. The third kappa shape index (κ3) is 3.43. The smallest absolute Gasteiger partial charge is 0.263 e. The number of hydrogen-bond acceptors (Lipinski definition) is 5. The van der Waals surface area contributed by atoms with E-state index in [1.54, 1.807) is 24.3 Å². The minimum atomic E-state index is -0.305. The molecular formula is C21H16IN3O2S. The van der Waals surface area contributed by atoms with E-state index < -0.39 is 0 Å². The first-order chi connectivity index (χ1) is 13.4. The lowest BCUT2D eigenvalue weighted by Gasteiger charge is -2.14. The first-order valence-corrected chi connectivity index (χ1v) is 10.4. The number of nitrogens with two attached hydrogens (primary N) is 1. The Bertz CT molecular complexity index is 1110. The monoisotopic (exact) mass is 501 g/mol. The molecule has 3 aromatic rings. The average molecular weight is 501 g/mol. The minimum absolute atomic E-state index is 0.241. The van der Waals surface area contributed by atoms with Crippen molar-refractivity contribution in [3.8, 4) is 0 Å². The summed E-state index contributed by atoms with van der Waals surface area (Å²) >= 11 is 3.63. The van der Waals surface area contributed by atoms with Gasteiger partial charge in [0.2, 0.25) is 0 Å². The molecule has 2 heterocycles. The normalized spacial score (nSPS) is 13.0. The lowest BCUT2D eigenvalue weighted by molar-refractivity contribution is 0.0642. The van der Waals surface area contributed by atoms with Gasteiger partial charge in [0.05, 0.1) is 33.2 Å². The number of carbonyl (C=O) groups is 2. The van der Waals surface area contributed by atoms with E-state index in [1.165, 1.54) is 16.2 Å². The SMILES string of the molecule is C=C(Nc1cccc2c1C(=O)N(Cc1ccc(I)cc1)C2=O)c1ccc(N)s1. The molecule has 140 valence electrons. The Kier molecular flexibility index (Phi) is 4.94. The van der Waals surface area contributed by atoms with Gasteiger partial charge in [-0.1, -0.05) is 24.8 Å². The molecule has 1 aliphatic rings. The highest BCUT2D eigenvalue weighted by molar-refractivity contribution is 14.1. The van der Waals surface area contributed by atoms with Crippen LogP contribution >= 0.6 is 33.9 Å². The Balaban J connectivity index is 1.62. The number of benzene rings is 2. The van der Waals surface area contributed by atoms with Crippen LogP contribution in [0.5, 0.6) is 0 Å². The summed E-state index contributed by atoms with van der Waals surface area (Å²) in [5.74, 6) is -0.590. The number of imide groups is 1. The maximum absolute atomic E-state index is 13.0. The van der Waals surface area contributed by atoms with E-state index in [-0.39, 0.29) is 18.4 Å². The summed E-state index contributed by atoms with van der Waals surface area (Å²) in [6.07, 6.45) is 0. The molecule has 0 fully saturated rings. The fourth-order valence-corrected chi connectivity index (χ4v) is 4.15. The highest BCUT2D eigenvalue weighted by Gasteiger charge is 2.37. The summed E-state index contributed by atoms with van der Waals surface area (Å²) in [4.78, 5) is 28.0. The minimum Gasteiger partial charge on any atom is -0.391 e. The number of halogens is 1. The number of hydrogen-bond donors (Lipinski definition) is 2. The summed E-state index contributed by atoms with van der Waals surface area (Å²) < 4.78 is 1.10. The van der Waals surface area contributed by atoms with Crippen LogP contribution in [0.15, 0.2) is 61.2 Å². The van der Waals surface area contributed by atoms with Gasteiger partial charge in [0, 0.05) is 9.27 Å². The number of nitrogens with zero attached hydrogens (tertiary/aromatic N) is 1. The molecule has 0 atom stereocenters. The third-order valence-electron chi connectivity index (χ3n) is 4.46. The van der Waals surface area contributed by atoms with Gasteiger partial charge in [0.1, 0.15) is 0 Å². The number of amides is 2. The largest absolute Gasteiger partial charge is 0.391 e. The molecule has 28 heavy (non-hydrogen) atoms. The highest BCUT2D eigenvalue weighted by atomic mass is 127. The van der Waals surface area contributed by atoms with Gasteiger partial charge in [-0.25, -0.2) is 0 Å². The van der Waals surface area contributed by atoms with E-state index in [4.69, 9.17) is 5.73 Å². The van der Waals surface area contributed by atoms with Crippen LogP contribution < -0.4 is 11.1 Å². The van der Waals surface area contributed by atoms with Crippen LogP contribution in [-0.4, -0.2) is 16.7 Å². The first-order valence-electron chi connectivity index (χ1n) is 8.49. The topological polar surface area (TPSA) is 75.4 Å². The zero-order valence-corrected chi connectivity index (χ0v) is 17.7. The van der Waals surface area contributed by atoms with E-state index in [9.17, 15) is 9.59 Å². The second-order valence-corrected chi connectivity index (χ2v) is 8.72. The van der Waals surface area contributed by atoms with Crippen molar-refractivity contribution in [2.45, 2.75) is 6.54 Å². The van der Waals surface area contributed by atoms with Crippen molar-refractivity contribution >= 4 is 62.1 Å². The summed E-state index contributed by atoms with van der Waals surface area (Å²) in [6, 6.07) is 16.7. The molecule has 0 spiro atoms. The Morgan fingerprint density at radius 1 is 1.07 bits per heavy atom. The van der Waals surface area contributed by atoms with E-state index in [1.807, 2.05) is 30.3 Å².